The highest BCUT2D eigenvalue weighted by Crippen LogP contribution is 2.39. The van der Waals surface area contributed by atoms with Crippen LogP contribution in [0.1, 0.15) is 29.8 Å². The normalized spacial score (nSPS) is 10.7. The number of thiazole rings is 1. The van der Waals surface area contributed by atoms with Crippen LogP contribution in [0.2, 0.25) is 0 Å². The van der Waals surface area contributed by atoms with E-state index < -0.39 is 6.09 Å². The van der Waals surface area contributed by atoms with Crippen molar-refractivity contribution in [2.75, 3.05) is 18.5 Å². The molecule has 0 aliphatic rings. The lowest BCUT2D eigenvalue weighted by molar-refractivity contribution is 0.0526. The summed E-state index contributed by atoms with van der Waals surface area (Å²) >= 11 is 1.31. The molecule has 0 aliphatic heterocycles. The fraction of sp³-hybridized carbons (Fsp3) is 0.192. The van der Waals surface area contributed by atoms with Gasteiger partial charge in [0.1, 0.15) is 16.5 Å². The Morgan fingerprint density at radius 3 is 2.21 bits per heavy atom. The summed E-state index contributed by atoms with van der Waals surface area (Å²) in [7, 11) is 0. The number of furan rings is 1. The van der Waals surface area contributed by atoms with E-state index in [-0.39, 0.29) is 12.6 Å². The number of nitrogens with zero attached hydrogens (tertiary/aromatic N) is 1. The summed E-state index contributed by atoms with van der Waals surface area (Å²) in [6.07, 6.45) is -0.534. The van der Waals surface area contributed by atoms with E-state index in [1.807, 2.05) is 55.5 Å². The number of carbonyl (C=O) groups is 2. The van der Waals surface area contributed by atoms with Crippen LogP contribution in [-0.4, -0.2) is 30.3 Å². The maximum absolute atomic E-state index is 12.1. The van der Waals surface area contributed by atoms with Gasteiger partial charge in [0.2, 0.25) is 0 Å². The van der Waals surface area contributed by atoms with Crippen LogP contribution in [0.25, 0.3) is 33.3 Å². The Kier molecular flexibility index (Phi) is 7.08. The number of nitrogens with one attached hydrogen (secondary N) is 1. The van der Waals surface area contributed by atoms with Crippen molar-refractivity contribution in [1.29, 1.82) is 0 Å². The molecular weight excluding hydrogens is 452 g/mol. The third-order valence-electron chi connectivity index (χ3n) is 4.94. The molecule has 0 saturated carbocycles. The molecule has 0 fully saturated rings. The molecule has 1 amide bonds. The first-order chi connectivity index (χ1) is 16.5. The van der Waals surface area contributed by atoms with Gasteiger partial charge in [-0.15, -0.1) is 0 Å². The number of esters is 1. The van der Waals surface area contributed by atoms with Crippen LogP contribution >= 0.6 is 11.3 Å². The Hall–Kier alpha value is -3.91. The van der Waals surface area contributed by atoms with Crippen LogP contribution in [0, 0.1) is 6.92 Å². The lowest BCUT2D eigenvalue weighted by Gasteiger charge is -2.05. The summed E-state index contributed by atoms with van der Waals surface area (Å²) in [5, 5.41) is 3.99. The summed E-state index contributed by atoms with van der Waals surface area (Å²) in [5.41, 5.74) is 3.95. The predicted octanol–water partition coefficient (Wildman–Crippen LogP) is 6.79. The van der Waals surface area contributed by atoms with Gasteiger partial charge < -0.3 is 13.9 Å². The number of anilines is 1. The number of amides is 1. The molecule has 2 heterocycles. The molecule has 7 nitrogen and oxygen atoms in total. The zero-order chi connectivity index (χ0) is 24.1. The second-order valence-corrected chi connectivity index (χ2v) is 8.37. The summed E-state index contributed by atoms with van der Waals surface area (Å²) in [6.45, 7) is 6.13. The summed E-state index contributed by atoms with van der Waals surface area (Å²) < 4.78 is 16.1. The maximum atomic E-state index is 12.1. The molecular formula is C26H24N2O5S. The van der Waals surface area contributed by atoms with Crippen LogP contribution in [0.3, 0.4) is 0 Å². The predicted molar refractivity (Wildman–Crippen MR) is 132 cm³/mol. The van der Waals surface area contributed by atoms with Crippen LogP contribution in [0.4, 0.5) is 9.80 Å². The van der Waals surface area contributed by atoms with Crippen LogP contribution in [0.15, 0.2) is 65.1 Å². The van der Waals surface area contributed by atoms with Gasteiger partial charge in [-0.05, 0) is 45.0 Å². The van der Waals surface area contributed by atoms with Crippen molar-refractivity contribution < 1.29 is 23.5 Å². The van der Waals surface area contributed by atoms with Crippen LogP contribution in [-0.2, 0) is 9.47 Å². The largest absolute Gasteiger partial charge is 0.462 e. The first-order valence-electron chi connectivity index (χ1n) is 10.9. The molecule has 0 radical (unpaired) electrons. The number of rotatable bonds is 7. The number of hydrogen-bond acceptors (Lipinski definition) is 7. The number of ether oxygens (including phenoxy) is 2. The van der Waals surface area contributed by atoms with Gasteiger partial charge in [-0.1, -0.05) is 53.3 Å². The number of benzene rings is 2. The van der Waals surface area contributed by atoms with E-state index in [1.165, 1.54) is 11.3 Å². The highest BCUT2D eigenvalue weighted by atomic mass is 32.1. The van der Waals surface area contributed by atoms with Crippen molar-refractivity contribution in [2.24, 2.45) is 0 Å². The molecule has 2 aromatic carbocycles. The minimum atomic E-state index is -0.534. The zero-order valence-corrected chi connectivity index (χ0v) is 19.9. The van der Waals surface area contributed by atoms with Crippen molar-refractivity contribution in [3.63, 3.8) is 0 Å². The first-order valence-corrected chi connectivity index (χ1v) is 11.7. The van der Waals surface area contributed by atoms with E-state index in [9.17, 15) is 9.59 Å². The molecule has 1 N–H and O–H groups in total. The van der Waals surface area contributed by atoms with Gasteiger partial charge in [-0.3, -0.25) is 5.32 Å². The summed E-state index contributed by atoms with van der Waals surface area (Å²) in [6, 6.07) is 18.6. The zero-order valence-electron chi connectivity index (χ0n) is 19.1. The SMILES string of the molecule is CCOC(=O)Nc1sc(-c2ccc(-c3ccc(C(=O)OCC)cc3)o2)nc1-c1ccc(C)cc1. The van der Waals surface area contributed by atoms with Gasteiger partial charge in [-0.25, -0.2) is 14.6 Å². The Morgan fingerprint density at radius 1 is 0.882 bits per heavy atom. The Balaban J connectivity index is 1.64. The third-order valence-corrected chi connectivity index (χ3v) is 5.93. The lowest BCUT2D eigenvalue weighted by Crippen LogP contribution is -2.12. The molecule has 2 aromatic heterocycles. The molecule has 0 aliphatic carbocycles. The topological polar surface area (TPSA) is 90.7 Å². The number of carbonyl (C=O) groups excluding carboxylic acids is 2. The fourth-order valence-electron chi connectivity index (χ4n) is 3.27. The van der Waals surface area contributed by atoms with Crippen molar-refractivity contribution in [1.82, 2.24) is 4.98 Å². The molecule has 34 heavy (non-hydrogen) atoms. The van der Waals surface area contributed by atoms with Gasteiger partial charge in [0, 0.05) is 11.1 Å². The monoisotopic (exact) mass is 476 g/mol. The lowest BCUT2D eigenvalue weighted by atomic mass is 10.1. The first kappa shape index (κ1) is 23.3. The molecule has 0 unspecified atom stereocenters. The Bertz CT molecular complexity index is 1290. The second kappa shape index (κ2) is 10.4. The molecule has 4 rings (SSSR count). The van der Waals surface area contributed by atoms with Crippen molar-refractivity contribution in [3.05, 3.63) is 71.8 Å². The molecule has 8 heteroatoms. The van der Waals surface area contributed by atoms with E-state index in [4.69, 9.17) is 18.9 Å². The number of aryl methyl sites for hydroxylation is 1. The standard InChI is InChI=1S/C26H24N2O5S/c1-4-31-25(29)19-12-10-17(11-13-19)20-14-15-21(33-20)23-27-22(18-8-6-16(3)7-9-18)24(34-23)28-26(30)32-5-2/h6-15H,4-5H2,1-3H3,(H,28,30). The smallest absolute Gasteiger partial charge is 0.412 e. The Labute approximate surface area is 201 Å². The average molecular weight is 477 g/mol. The van der Waals surface area contributed by atoms with Gasteiger partial charge in [0.25, 0.3) is 0 Å². The quantitative estimate of drug-likeness (QED) is 0.295. The average Bonchev–Trinajstić information content (AvgIpc) is 3.48. The van der Waals surface area contributed by atoms with Gasteiger partial charge in [-0.2, -0.15) is 0 Å². The van der Waals surface area contributed by atoms with Gasteiger partial charge >= 0.3 is 12.1 Å². The molecule has 0 saturated heterocycles. The van der Waals surface area contributed by atoms with Crippen LogP contribution in [0.5, 0.6) is 0 Å². The number of hydrogen-bond donors (Lipinski definition) is 1. The molecule has 0 spiro atoms. The van der Waals surface area contributed by atoms with Crippen molar-refractivity contribution in [3.8, 4) is 33.3 Å². The molecule has 4 aromatic rings. The summed E-state index contributed by atoms with van der Waals surface area (Å²) in [5.74, 6) is 0.847. The van der Waals surface area contributed by atoms with E-state index in [2.05, 4.69) is 5.32 Å². The van der Waals surface area contributed by atoms with E-state index in [0.29, 0.717) is 39.4 Å². The van der Waals surface area contributed by atoms with Gasteiger partial charge in [0.05, 0.1) is 18.8 Å². The molecule has 0 bridgehead atoms. The maximum Gasteiger partial charge on any atom is 0.412 e. The highest BCUT2D eigenvalue weighted by molar-refractivity contribution is 7.19. The van der Waals surface area contributed by atoms with E-state index in [1.54, 1.807) is 26.0 Å². The molecule has 0 atom stereocenters. The third kappa shape index (κ3) is 5.18. The minimum absolute atomic E-state index is 0.272. The second-order valence-electron chi connectivity index (χ2n) is 7.37. The van der Waals surface area contributed by atoms with Crippen molar-refractivity contribution in [2.45, 2.75) is 20.8 Å². The minimum Gasteiger partial charge on any atom is -0.462 e. The van der Waals surface area contributed by atoms with Crippen LogP contribution < -0.4 is 5.32 Å². The fourth-order valence-corrected chi connectivity index (χ4v) is 4.21. The number of aromatic nitrogens is 1. The van der Waals surface area contributed by atoms with E-state index in [0.717, 1.165) is 16.7 Å². The van der Waals surface area contributed by atoms with E-state index >= 15 is 0 Å². The highest BCUT2D eigenvalue weighted by Gasteiger charge is 2.19. The summed E-state index contributed by atoms with van der Waals surface area (Å²) in [4.78, 5) is 28.7. The van der Waals surface area contributed by atoms with Crippen molar-refractivity contribution >= 4 is 28.4 Å². The van der Waals surface area contributed by atoms with Gasteiger partial charge in [0.15, 0.2) is 10.8 Å². The Morgan fingerprint density at radius 2 is 1.53 bits per heavy atom. The molecule has 174 valence electrons.